The number of nitrogens with one attached hydrogen (secondary N) is 1. The van der Waals surface area contributed by atoms with Crippen molar-refractivity contribution < 1.29 is 4.74 Å². The molecule has 0 atom stereocenters. The standard InChI is InChI=1S/C18H27N3OS/c1-17(2,3)12-18(4,5)13-7-9-14(10-8-13)22-11-15-19-20-16(23)21(15)6/h7-10H,11-12H2,1-6H3,(H,20,23). The lowest BCUT2D eigenvalue weighted by atomic mass is 9.72. The van der Waals surface area contributed by atoms with Gasteiger partial charge in [0, 0.05) is 7.05 Å². The monoisotopic (exact) mass is 333 g/mol. The molecule has 0 aliphatic rings. The molecule has 0 saturated carbocycles. The van der Waals surface area contributed by atoms with Gasteiger partial charge in [0.05, 0.1) is 0 Å². The zero-order valence-electron chi connectivity index (χ0n) is 14.9. The Labute approximate surface area is 143 Å². The molecule has 4 nitrogen and oxygen atoms in total. The van der Waals surface area contributed by atoms with Gasteiger partial charge < -0.3 is 9.30 Å². The summed E-state index contributed by atoms with van der Waals surface area (Å²) in [5.41, 5.74) is 1.77. The highest BCUT2D eigenvalue weighted by atomic mass is 32.1. The van der Waals surface area contributed by atoms with Crippen molar-refractivity contribution in [3.8, 4) is 5.75 Å². The number of nitrogens with zero attached hydrogens (tertiary/aromatic N) is 2. The summed E-state index contributed by atoms with van der Waals surface area (Å²) in [5.74, 6) is 1.63. The van der Waals surface area contributed by atoms with Crippen LogP contribution in [0.3, 0.4) is 0 Å². The van der Waals surface area contributed by atoms with Gasteiger partial charge >= 0.3 is 0 Å². The number of rotatable bonds is 5. The number of benzene rings is 1. The van der Waals surface area contributed by atoms with Gasteiger partial charge in [0.1, 0.15) is 12.4 Å². The number of aromatic amines is 1. The number of aromatic nitrogens is 3. The highest BCUT2D eigenvalue weighted by Crippen LogP contribution is 2.36. The highest BCUT2D eigenvalue weighted by molar-refractivity contribution is 7.71. The second-order valence-corrected chi connectivity index (χ2v) is 8.33. The third kappa shape index (κ3) is 4.67. The van der Waals surface area contributed by atoms with Crippen LogP contribution in [-0.4, -0.2) is 14.8 Å². The van der Waals surface area contributed by atoms with Gasteiger partial charge in [0.15, 0.2) is 10.6 Å². The number of hydrogen-bond acceptors (Lipinski definition) is 3. The molecule has 0 saturated heterocycles. The lowest BCUT2D eigenvalue weighted by Crippen LogP contribution is -2.24. The maximum Gasteiger partial charge on any atom is 0.194 e. The summed E-state index contributed by atoms with van der Waals surface area (Å²) in [4.78, 5) is 0. The summed E-state index contributed by atoms with van der Waals surface area (Å²) >= 11 is 5.10. The van der Waals surface area contributed by atoms with E-state index in [0.29, 0.717) is 16.8 Å². The fourth-order valence-corrected chi connectivity index (χ4v) is 3.24. The zero-order valence-corrected chi connectivity index (χ0v) is 15.8. The normalized spacial score (nSPS) is 12.4. The Bertz CT molecular complexity index is 705. The first-order chi connectivity index (χ1) is 10.6. The predicted octanol–water partition coefficient (Wildman–Crippen LogP) is 4.77. The Hall–Kier alpha value is -1.62. The Balaban J connectivity index is 2.04. The summed E-state index contributed by atoms with van der Waals surface area (Å²) in [6.07, 6.45) is 1.13. The van der Waals surface area contributed by atoms with Crippen molar-refractivity contribution in [1.29, 1.82) is 0 Å². The minimum absolute atomic E-state index is 0.142. The van der Waals surface area contributed by atoms with Crippen LogP contribution in [0.15, 0.2) is 24.3 Å². The van der Waals surface area contributed by atoms with Crippen LogP contribution in [0.4, 0.5) is 0 Å². The smallest absolute Gasteiger partial charge is 0.194 e. The minimum atomic E-state index is 0.142. The lowest BCUT2D eigenvalue weighted by molar-refractivity contribution is 0.281. The molecular weight excluding hydrogens is 306 g/mol. The number of H-pyrrole nitrogens is 1. The van der Waals surface area contributed by atoms with Crippen LogP contribution in [0.1, 0.15) is 52.4 Å². The van der Waals surface area contributed by atoms with Crippen LogP contribution < -0.4 is 4.74 Å². The first-order valence-corrected chi connectivity index (χ1v) is 8.33. The summed E-state index contributed by atoms with van der Waals surface area (Å²) in [6.45, 7) is 11.8. The maximum atomic E-state index is 5.81. The van der Waals surface area contributed by atoms with Crippen molar-refractivity contribution in [2.24, 2.45) is 12.5 Å². The van der Waals surface area contributed by atoms with Gasteiger partial charge in [-0.2, -0.15) is 5.10 Å². The molecule has 5 heteroatoms. The third-order valence-corrected chi connectivity index (χ3v) is 4.31. The topological polar surface area (TPSA) is 42.8 Å². The summed E-state index contributed by atoms with van der Waals surface area (Å²) in [5, 5.41) is 6.91. The second-order valence-electron chi connectivity index (χ2n) is 7.94. The van der Waals surface area contributed by atoms with Gasteiger partial charge in [-0.25, -0.2) is 0 Å². The van der Waals surface area contributed by atoms with Crippen LogP contribution in [0, 0.1) is 10.2 Å². The molecule has 1 N–H and O–H groups in total. The Morgan fingerprint density at radius 1 is 1.13 bits per heavy atom. The summed E-state index contributed by atoms with van der Waals surface area (Å²) in [6, 6.07) is 8.37. The van der Waals surface area contributed by atoms with Gasteiger partial charge in [0.25, 0.3) is 0 Å². The highest BCUT2D eigenvalue weighted by Gasteiger charge is 2.27. The molecule has 0 fully saturated rings. The van der Waals surface area contributed by atoms with E-state index >= 15 is 0 Å². The predicted molar refractivity (Wildman–Crippen MR) is 96.3 cm³/mol. The fourth-order valence-electron chi connectivity index (χ4n) is 3.09. The van der Waals surface area contributed by atoms with Crippen LogP contribution in [0.5, 0.6) is 5.75 Å². The molecule has 23 heavy (non-hydrogen) atoms. The van der Waals surface area contributed by atoms with Crippen LogP contribution in [0.25, 0.3) is 0 Å². The van der Waals surface area contributed by atoms with E-state index in [-0.39, 0.29) is 5.41 Å². The molecule has 2 aromatic rings. The SMILES string of the molecule is Cn1c(COc2ccc(C(C)(C)CC(C)(C)C)cc2)n[nH]c1=S. The lowest BCUT2D eigenvalue weighted by Gasteiger charge is -2.33. The Morgan fingerprint density at radius 2 is 1.74 bits per heavy atom. The van der Waals surface area contributed by atoms with Gasteiger partial charge in [0.2, 0.25) is 0 Å². The van der Waals surface area contributed by atoms with E-state index in [4.69, 9.17) is 17.0 Å². The van der Waals surface area contributed by atoms with Gasteiger partial charge in [-0.15, -0.1) is 0 Å². The van der Waals surface area contributed by atoms with Crippen LogP contribution in [0.2, 0.25) is 0 Å². The molecule has 0 radical (unpaired) electrons. The van der Waals surface area contributed by atoms with E-state index in [2.05, 4.69) is 56.9 Å². The molecular formula is C18H27N3OS. The average Bonchev–Trinajstić information content (AvgIpc) is 2.74. The summed E-state index contributed by atoms with van der Waals surface area (Å²) < 4.78 is 8.22. The molecule has 0 aliphatic heterocycles. The molecule has 1 heterocycles. The number of ether oxygens (including phenoxy) is 1. The Kier molecular flexibility index (Phi) is 4.99. The van der Waals surface area contributed by atoms with E-state index in [9.17, 15) is 0 Å². The van der Waals surface area contributed by atoms with Crippen molar-refractivity contribution in [1.82, 2.24) is 14.8 Å². The Morgan fingerprint density at radius 3 is 2.22 bits per heavy atom. The van der Waals surface area contributed by atoms with E-state index in [1.54, 1.807) is 0 Å². The van der Waals surface area contributed by atoms with E-state index in [0.717, 1.165) is 18.0 Å². The van der Waals surface area contributed by atoms with Gasteiger partial charge in [-0.3, -0.25) is 5.10 Å². The molecule has 126 valence electrons. The van der Waals surface area contributed by atoms with Crippen molar-refractivity contribution in [2.45, 2.75) is 53.1 Å². The van der Waals surface area contributed by atoms with Crippen molar-refractivity contribution in [3.63, 3.8) is 0 Å². The third-order valence-electron chi connectivity index (χ3n) is 3.95. The molecule has 0 amide bonds. The van der Waals surface area contributed by atoms with Crippen molar-refractivity contribution in [2.75, 3.05) is 0 Å². The van der Waals surface area contributed by atoms with E-state index in [1.165, 1.54) is 5.56 Å². The largest absolute Gasteiger partial charge is 0.486 e. The van der Waals surface area contributed by atoms with Gasteiger partial charge in [-0.1, -0.05) is 46.8 Å². The molecule has 0 spiro atoms. The fraction of sp³-hybridized carbons (Fsp3) is 0.556. The summed E-state index contributed by atoms with van der Waals surface area (Å²) in [7, 11) is 1.88. The zero-order chi connectivity index (χ0) is 17.3. The second kappa shape index (κ2) is 6.48. The van der Waals surface area contributed by atoms with Crippen LogP contribution in [-0.2, 0) is 19.1 Å². The quantitative estimate of drug-likeness (QED) is 0.801. The minimum Gasteiger partial charge on any atom is -0.486 e. The molecule has 1 aromatic carbocycles. The molecule has 0 aliphatic carbocycles. The molecule has 0 unspecified atom stereocenters. The molecule has 2 rings (SSSR count). The van der Waals surface area contributed by atoms with E-state index < -0.39 is 0 Å². The molecule has 1 aromatic heterocycles. The van der Waals surface area contributed by atoms with Crippen molar-refractivity contribution in [3.05, 3.63) is 40.4 Å². The average molecular weight is 334 g/mol. The first-order valence-electron chi connectivity index (χ1n) is 7.92. The first kappa shape index (κ1) is 17.7. The number of hydrogen-bond donors (Lipinski definition) is 1. The van der Waals surface area contributed by atoms with Crippen LogP contribution >= 0.6 is 12.2 Å². The van der Waals surface area contributed by atoms with Crippen molar-refractivity contribution >= 4 is 12.2 Å². The van der Waals surface area contributed by atoms with E-state index in [1.807, 2.05) is 23.7 Å². The molecule has 0 bridgehead atoms. The van der Waals surface area contributed by atoms with Gasteiger partial charge in [-0.05, 0) is 47.2 Å². The maximum absolute atomic E-state index is 5.81.